The van der Waals surface area contributed by atoms with Gasteiger partial charge in [0.2, 0.25) is 47.3 Å². The van der Waals surface area contributed by atoms with Gasteiger partial charge in [0.25, 0.3) is 5.91 Å². The smallest absolute Gasteiger partial charge is 0.412 e. The zero-order valence-electron chi connectivity index (χ0n) is 53.3. The summed E-state index contributed by atoms with van der Waals surface area (Å²) in [4.78, 5) is 170. The summed E-state index contributed by atoms with van der Waals surface area (Å²) < 4.78 is 10.9. The number of nitrogens with one attached hydrogen (secondary N) is 6. The zero-order chi connectivity index (χ0) is 70.1. The highest BCUT2D eigenvalue weighted by Crippen LogP contribution is 2.22. The summed E-state index contributed by atoms with van der Waals surface area (Å²) >= 11 is 0. The van der Waals surface area contributed by atoms with Crippen molar-refractivity contribution in [2.24, 2.45) is 51.4 Å². The van der Waals surface area contributed by atoms with Gasteiger partial charge in [-0.15, -0.1) is 0 Å². The molecule has 0 fully saturated rings. The first-order valence-corrected chi connectivity index (χ1v) is 29.6. The Balaban J connectivity index is 2.78. The first-order valence-electron chi connectivity index (χ1n) is 29.6. The maximum Gasteiger partial charge on any atom is 0.412 e. The lowest BCUT2D eigenvalue weighted by molar-refractivity contribution is -0.161. The Morgan fingerprint density at radius 2 is 1.27 bits per heavy atom. The number of hydrogen-bond acceptors (Lipinski definition) is 21. The molecule has 0 radical (unpaired) electrons. The largest absolute Gasteiger partial charge is 0.480 e. The van der Waals surface area contributed by atoms with E-state index in [4.69, 9.17) is 38.1 Å². The fourth-order valence-corrected chi connectivity index (χ4v) is 8.82. The number of aliphatic hydroxyl groups is 4. The summed E-state index contributed by atoms with van der Waals surface area (Å²) in [5, 5.41) is 66.1. The van der Waals surface area contributed by atoms with E-state index in [1.54, 1.807) is 77.9 Å². The first-order chi connectivity index (χ1) is 42.9. The van der Waals surface area contributed by atoms with Crippen LogP contribution in [0.5, 0.6) is 0 Å². The van der Waals surface area contributed by atoms with E-state index >= 15 is 14.4 Å². The van der Waals surface area contributed by atoms with E-state index in [-0.39, 0.29) is 60.9 Å². The predicted molar refractivity (Wildman–Crippen MR) is 331 cm³/mol. The van der Waals surface area contributed by atoms with Crippen LogP contribution in [0.2, 0.25) is 0 Å². The number of nitrogens with zero attached hydrogens (tertiary/aromatic N) is 3. The number of carbonyl (C=O) groups is 12. The van der Waals surface area contributed by atoms with E-state index in [2.05, 4.69) is 31.6 Å². The second-order valence-corrected chi connectivity index (χ2v) is 23.6. The van der Waals surface area contributed by atoms with Gasteiger partial charge >= 0.3 is 18.2 Å². The van der Waals surface area contributed by atoms with Crippen molar-refractivity contribution in [3.05, 3.63) is 65.7 Å². The molecule has 2 aromatic rings. The molecule has 0 saturated carbocycles. The number of benzene rings is 2. The summed E-state index contributed by atoms with van der Waals surface area (Å²) in [6, 6.07) is -1.05. The second-order valence-electron chi connectivity index (χ2n) is 23.6. The number of primary amides is 1. The van der Waals surface area contributed by atoms with Gasteiger partial charge in [0.1, 0.15) is 54.5 Å². The lowest BCUT2D eigenvalue weighted by Gasteiger charge is -2.36. The number of ether oxygens (including phenoxy) is 2. The number of aliphatic imine (C=N–C) groups is 1. The molecule has 2 aromatic carbocycles. The number of amides is 11. The third-order valence-electron chi connectivity index (χ3n) is 14.0. The molecule has 0 spiro atoms. The molecule has 11 amide bonds. The van der Waals surface area contributed by atoms with Crippen LogP contribution in [0, 0.1) is 17.8 Å². The van der Waals surface area contributed by atoms with Gasteiger partial charge in [0, 0.05) is 18.7 Å². The number of imide groups is 2. The molecule has 12 atom stereocenters. The maximum atomic E-state index is 15.5. The van der Waals surface area contributed by atoms with Crippen LogP contribution >= 0.6 is 0 Å². The van der Waals surface area contributed by atoms with Crippen LogP contribution in [-0.2, 0) is 70.4 Å². The number of alkyl carbamates (subject to hydrolysis) is 1. The number of rotatable bonds is 35. The number of carboxylic acid groups (broad SMARTS) is 1. The van der Waals surface area contributed by atoms with E-state index in [0.29, 0.717) is 10.5 Å². The number of carbonyl (C=O) groups excluding carboxylic acids is 11. The van der Waals surface area contributed by atoms with Crippen molar-refractivity contribution in [2.75, 3.05) is 25.0 Å². The fourth-order valence-electron chi connectivity index (χ4n) is 8.82. The molecule has 0 heterocycles. The zero-order valence-corrected chi connectivity index (χ0v) is 53.3. The van der Waals surface area contributed by atoms with Crippen molar-refractivity contribution >= 4 is 83.0 Å². The minimum absolute atomic E-state index is 0.0491. The van der Waals surface area contributed by atoms with Gasteiger partial charge in [-0.2, -0.15) is 0 Å². The molecule has 33 nitrogen and oxygen atoms in total. The quantitative estimate of drug-likeness (QED) is 0.0186. The summed E-state index contributed by atoms with van der Waals surface area (Å²) in [6.45, 7) is 12.4. The number of carboxylic acids is 1. The van der Waals surface area contributed by atoms with E-state index in [9.17, 15) is 68.7 Å². The molecule has 0 aliphatic heterocycles. The average Bonchev–Trinajstić information content (AvgIpc) is 0.851. The van der Waals surface area contributed by atoms with Gasteiger partial charge in [-0.05, 0) is 88.0 Å². The minimum atomic E-state index is -2.44. The van der Waals surface area contributed by atoms with Crippen molar-refractivity contribution in [3.8, 4) is 0 Å². The lowest BCUT2D eigenvalue weighted by atomic mass is 9.94. The van der Waals surface area contributed by atoms with E-state index in [1.165, 1.54) is 39.0 Å². The highest BCUT2D eigenvalue weighted by Gasteiger charge is 2.45. The third-order valence-corrected chi connectivity index (χ3v) is 14.0. The van der Waals surface area contributed by atoms with Crippen LogP contribution in [0.15, 0.2) is 59.6 Å². The van der Waals surface area contributed by atoms with Crippen LogP contribution in [0.4, 0.5) is 15.3 Å². The molecule has 0 saturated heterocycles. The molecule has 92 heavy (non-hydrogen) atoms. The van der Waals surface area contributed by atoms with Crippen LogP contribution in [0.3, 0.4) is 0 Å². The molecule has 0 aliphatic carbocycles. The highest BCUT2D eigenvalue weighted by atomic mass is 16.6. The lowest BCUT2D eigenvalue weighted by Crippen LogP contribution is -2.65. The van der Waals surface area contributed by atoms with Crippen LogP contribution in [0.25, 0.3) is 0 Å². The number of nitrogens with two attached hydrogens (primary N) is 5. The monoisotopic (exact) mass is 1300 g/mol. The minimum Gasteiger partial charge on any atom is -0.480 e. The number of hydrogen-bond donors (Lipinski definition) is 16. The van der Waals surface area contributed by atoms with Gasteiger partial charge in [0.05, 0.1) is 25.4 Å². The average molecular weight is 1300 g/mol. The molecule has 33 heteroatoms. The summed E-state index contributed by atoms with van der Waals surface area (Å²) in [7, 11) is 0. The Kier molecular flexibility index (Phi) is 32.2. The Labute approximate surface area is 532 Å². The molecule has 0 bridgehead atoms. The van der Waals surface area contributed by atoms with Crippen molar-refractivity contribution in [1.82, 2.24) is 36.4 Å². The summed E-state index contributed by atoms with van der Waals surface area (Å²) in [5.74, 6) is -16.4. The molecule has 0 aromatic heterocycles. The number of guanidine groups is 1. The van der Waals surface area contributed by atoms with Crippen molar-refractivity contribution < 1.29 is 92.5 Å². The Hall–Kier alpha value is -8.89. The standard InChI is InChI=1S/C59H92N14O19/c1-11-31(6)43(51(83)71-44(32(7)75)50(82)66-26-40(76)72(39(27-74)55(87)88)53(85)42(61)46(78)47(62)79)70-48(80)36(21-16-22-65-56(63)64)68-49(81)38(23-29(2)3)73(54(86)41(60)45(77)30(4)5)52(84)37(69-57(89)91-28-33-17-13-12-14-18-33)25-34-19-15-20-35(24-34)67-58(90)92-59(8,9)10/h12-15,17-20,24,29-32,36-39,41-46,74-75,77-78H,11,16,21-23,25-28,60-61H2,1-10H3,(H2,62,79)(H,66,82)(H,67,90)(H,68,81)(H,69,89)(H,70,80)(H,71,83)(H,87,88)(H4,63,64,65)/t31?,32-,36+,37-,38-,39-,41-,42-,43-,44-,45+,46-/m0/s1. The Bertz CT molecular complexity index is 2900. The maximum absolute atomic E-state index is 15.5. The van der Waals surface area contributed by atoms with E-state index < -0.39 is 181 Å². The third kappa shape index (κ3) is 25.4. The van der Waals surface area contributed by atoms with E-state index in [1.807, 2.05) is 5.32 Å². The molecule has 512 valence electrons. The normalized spacial score (nSPS) is 15.3. The van der Waals surface area contributed by atoms with Crippen LogP contribution in [-0.4, -0.2) is 205 Å². The molecular weight excluding hydrogens is 1210 g/mol. The number of anilines is 1. The molecule has 1 unspecified atom stereocenters. The topological polar surface area (TPSA) is 546 Å². The summed E-state index contributed by atoms with van der Waals surface area (Å²) in [5.41, 5.74) is 28.4. The van der Waals surface area contributed by atoms with Crippen molar-refractivity contribution in [2.45, 2.75) is 180 Å². The number of aliphatic hydroxyl groups excluding tert-OH is 4. The highest BCUT2D eigenvalue weighted by molar-refractivity contribution is 6.07. The fraction of sp³-hybridized carbons (Fsp3) is 0.576. The Morgan fingerprint density at radius 1 is 0.674 bits per heavy atom. The predicted octanol–water partition coefficient (Wildman–Crippen LogP) is -2.99. The van der Waals surface area contributed by atoms with Gasteiger partial charge in [-0.1, -0.05) is 90.4 Å². The Morgan fingerprint density at radius 3 is 1.80 bits per heavy atom. The van der Waals surface area contributed by atoms with Crippen molar-refractivity contribution in [1.29, 1.82) is 0 Å². The first kappa shape index (κ1) is 79.2. The SMILES string of the molecule is CCC(C)[C@H](NC(=O)[C@@H](CCCN=C(N)N)NC(=O)[C@H](CC(C)C)N(C(=O)[C@H](Cc1cccc(NC(=O)OC(C)(C)C)c1)NC(=O)OCc1ccccc1)C(=O)[C@@H](N)[C@H](O)C(C)C)C(=O)N[C@H](C(=O)NCC(=O)N(C(=O)[C@@H](N)[C@H](O)C(N)=O)[C@@H](CO)C(=O)O)[C@H](C)O. The van der Waals surface area contributed by atoms with Crippen molar-refractivity contribution in [3.63, 3.8) is 0 Å². The molecule has 0 aliphatic rings. The molecule has 2 rings (SSSR count). The van der Waals surface area contributed by atoms with Crippen LogP contribution < -0.4 is 60.6 Å². The van der Waals surface area contributed by atoms with Gasteiger partial charge in [-0.3, -0.25) is 63.3 Å². The second kappa shape index (κ2) is 37.4. The molecular formula is C59H92N14O19. The van der Waals surface area contributed by atoms with E-state index in [0.717, 1.165) is 6.92 Å². The van der Waals surface area contributed by atoms with Gasteiger partial charge in [-0.25, -0.2) is 14.4 Å². The van der Waals surface area contributed by atoms with Gasteiger partial charge < -0.3 is 90.3 Å². The van der Waals surface area contributed by atoms with Gasteiger partial charge in [0.15, 0.2) is 18.1 Å². The molecule has 21 N–H and O–H groups in total. The summed E-state index contributed by atoms with van der Waals surface area (Å²) in [6.07, 6.45) is -8.83. The van der Waals surface area contributed by atoms with Crippen LogP contribution in [0.1, 0.15) is 106 Å². The number of aliphatic carboxylic acids is 1.